The number of nitrogens with one attached hydrogen (secondary N) is 2. The van der Waals surface area contributed by atoms with Crippen molar-refractivity contribution in [2.24, 2.45) is 0 Å². The lowest BCUT2D eigenvalue weighted by molar-refractivity contribution is -0.135. The molecule has 1 aromatic carbocycles. The minimum absolute atomic E-state index is 0.125. The number of halogens is 1. The van der Waals surface area contributed by atoms with E-state index in [2.05, 4.69) is 26.6 Å². The first-order valence-electron chi connectivity index (χ1n) is 9.67. The zero-order valence-electron chi connectivity index (χ0n) is 15.7. The highest BCUT2D eigenvalue weighted by Crippen LogP contribution is 2.25. The van der Waals surface area contributed by atoms with Gasteiger partial charge in [0.05, 0.1) is 11.6 Å². The Kier molecular flexibility index (Phi) is 6.72. The molecule has 0 saturated heterocycles. The molecule has 1 saturated carbocycles. The maximum atomic E-state index is 12.7. The first kappa shape index (κ1) is 20.8. The highest BCUT2D eigenvalue weighted by Gasteiger charge is 2.36. The summed E-state index contributed by atoms with van der Waals surface area (Å²) in [5.41, 5.74) is 1.17. The fourth-order valence-corrected chi connectivity index (χ4v) is 3.56. The first-order chi connectivity index (χ1) is 13.4. The number of fused-ring (bicyclic) bond motifs is 1. The molecule has 7 nitrogen and oxygen atoms in total. The number of cyclic esters (lactones) is 1. The maximum Gasteiger partial charge on any atom is 0.339 e. The second kappa shape index (κ2) is 9.05. The zero-order valence-corrected chi connectivity index (χ0v) is 17.3. The number of rotatable bonds is 8. The summed E-state index contributed by atoms with van der Waals surface area (Å²) in [4.78, 5) is 37.2. The van der Waals surface area contributed by atoms with Gasteiger partial charge >= 0.3 is 5.97 Å². The van der Waals surface area contributed by atoms with Crippen LogP contribution in [0, 0.1) is 0 Å². The molecule has 3 N–H and O–H groups in total. The van der Waals surface area contributed by atoms with Crippen molar-refractivity contribution < 1.29 is 24.2 Å². The van der Waals surface area contributed by atoms with E-state index < -0.39 is 36.0 Å². The van der Waals surface area contributed by atoms with Gasteiger partial charge in [-0.1, -0.05) is 41.8 Å². The molecular formula is C20H25BrN2O5. The number of aliphatic hydroxyl groups is 1. The summed E-state index contributed by atoms with van der Waals surface area (Å²) in [5.74, 6) is -1.53. The van der Waals surface area contributed by atoms with E-state index in [1.54, 1.807) is 12.1 Å². The summed E-state index contributed by atoms with van der Waals surface area (Å²) in [6.07, 6.45) is 1.85. The standard InChI is InChI=1S/C20H25BrN2O5/c1-2-3-4-15(17(24)19(26)22-13-7-8-13)23-18(25)16-9-11-5-6-12(21)10-14(11)20(27)28-16/h5-6,10,13,15-17,24H,2-4,7-9H2,1H3,(H,22,26)(H,23,25). The molecule has 3 unspecified atom stereocenters. The number of aliphatic hydroxyl groups excluding tert-OH is 1. The SMILES string of the molecule is CCCCC(NC(=O)C1Cc2ccc(Br)cc2C(=O)O1)C(O)C(=O)NC1CC1. The van der Waals surface area contributed by atoms with Crippen LogP contribution in [-0.4, -0.2) is 47.2 Å². The second-order valence-electron chi connectivity index (χ2n) is 7.38. The normalized spacial score (nSPS) is 20.5. The Bertz CT molecular complexity index is 765. The third-order valence-electron chi connectivity index (χ3n) is 5.01. The van der Waals surface area contributed by atoms with E-state index in [1.165, 1.54) is 0 Å². The van der Waals surface area contributed by atoms with Gasteiger partial charge in [0, 0.05) is 16.9 Å². The van der Waals surface area contributed by atoms with Crippen molar-refractivity contribution in [2.45, 2.75) is 69.7 Å². The quantitative estimate of drug-likeness (QED) is 0.522. The number of hydrogen-bond acceptors (Lipinski definition) is 5. The molecule has 1 heterocycles. The average Bonchev–Trinajstić information content (AvgIpc) is 3.48. The number of amides is 2. The van der Waals surface area contributed by atoms with Gasteiger partial charge in [0.25, 0.3) is 11.8 Å². The molecule has 1 fully saturated rings. The fraction of sp³-hybridized carbons (Fsp3) is 0.550. The van der Waals surface area contributed by atoms with Gasteiger partial charge in [0.1, 0.15) is 0 Å². The monoisotopic (exact) mass is 452 g/mol. The van der Waals surface area contributed by atoms with E-state index in [0.29, 0.717) is 12.0 Å². The molecule has 8 heteroatoms. The average molecular weight is 453 g/mol. The highest BCUT2D eigenvalue weighted by atomic mass is 79.9. The third-order valence-corrected chi connectivity index (χ3v) is 5.50. The van der Waals surface area contributed by atoms with Crippen LogP contribution in [0.25, 0.3) is 0 Å². The number of benzene rings is 1. The number of esters is 1. The molecule has 0 aromatic heterocycles. The molecular weight excluding hydrogens is 428 g/mol. The van der Waals surface area contributed by atoms with Crippen molar-refractivity contribution in [3.63, 3.8) is 0 Å². The van der Waals surface area contributed by atoms with Gasteiger partial charge in [-0.3, -0.25) is 9.59 Å². The number of carbonyl (C=O) groups excluding carboxylic acids is 3. The molecule has 152 valence electrons. The van der Waals surface area contributed by atoms with Gasteiger partial charge in [-0.2, -0.15) is 0 Å². The van der Waals surface area contributed by atoms with Gasteiger partial charge < -0.3 is 20.5 Å². The van der Waals surface area contributed by atoms with Crippen LogP contribution in [0.4, 0.5) is 0 Å². The Hall–Kier alpha value is -1.93. The minimum Gasteiger partial charge on any atom is -0.448 e. The van der Waals surface area contributed by atoms with E-state index in [4.69, 9.17) is 4.74 Å². The fourth-order valence-electron chi connectivity index (χ4n) is 3.20. The summed E-state index contributed by atoms with van der Waals surface area (Å²) in [6, 6.07) is 4.66. The molecule has 0 spiro atoms. The molecule has 3 atom stereocenters. The van der Waals surface area contributed by atoms with E-state index in [1.807, 2.05) is 13.0 Å². The van der Waals surface area contributed by atoms with E-state index in [9.17, 15) is 19.5 Å². The van der Waals surface area contributed by atoms with Gasteiger partial charge in [-0.15, -0.1) is 0 Å². The summed E-state index contributed by atoms with van der Waals surface area (Å²) >= 11 is 3.32. The Morgan fingerprint density at radius 1 is 1.36 bits per heavy atom. The van der Waals surface area contributed by atoms with E-state index >= 15 is 0 Å². The minimum atomic E-state index is -1.33. The topological polar surface area (TPSA) is 105 Å². The summed E-state index contributed by atoms with van der Waals surface area (Å²) < 4.78 is 6.06. The van der Waals surface area contributed by atoms with Gasteiger partial charge in [-0.05, 0) is 37.0 Å². The molecule has 0 radical (unpaired) electrons. The van der Waals surface area contributed by atoms with Crippen molar-refractivity contribution in [1.29, 1.82) is 0 Å². The van der Waals surface area contributed by atoms with Gasteiger partial charge in [-0.25, -0.2) is 4.79 Å². The van der Waals surface area contributed by atoms with Crippen molar-refractivity contribution in [3.05, 3.63) is 33.8 Å². The van der Waals surface area contributed by atoms with E-state index in [-0.39, 0.29) is 12.5 Å². The van der Waals surface area contributed by atoms with Crippen molar-refractivity contribution in [1.82, 2.24) is 10.6 Å². The van der Waals surface area contributed by atoms with Crippen LogP contribution in [0.1, 0.15) is 54.9 Å². The Morgan fingerprint density at radius 3 is 2.79 bits per heavy atom. The predicted molar refractivity (Wildman–Crippen MR) is 106 cm³/mol. The van der Waals surface area contributed by atoms with Crippen LogP contribution < -0.4 is 10.6 Å². The van der Waals surface area contributed by atoms with Gasteiger partial charge in [0.15, 0.2) is 12.2 Å². The molecule has 2 amide bonds. The summed E-state index contributed by atoms with van der Waals surface area (Å²) in [6.45, 7) is 1.99. The lowest BCUT2D eigenvalue weighted by atomic mass is 9.97. The Labute approximate surface area is 172 Å². The molecule has 0 bridgehead atoms. The van der Waals surface area contributed by atoms with Crippen LogP contribution in [-0.2, 0) is 20.7 Å². The largest absolute Gasteiger partial charge is 0.448 e. The lowest BCUT2D eigenvalue weighted by Gasteiger charge is -2.28. The number of unbranched alkanes of at least 4 members (excludes halogenated alkanes) is 1. The van der Waals surface area contributed by atoms with Crippen LogP contribution in [0.15, 0.2) is 22.7 Å². The highest BCUT2D eigenvalue weighted by molar-refractivity contribution is 9.10. The van der Waals surface area contributed by atoms with Crippen LogP contribution in [0.5, 0.6) is 0 Å². The Balaban J connectivity index is 1.66. The molecule has 1 aliphatic heterocycles. The number of ether oxygens (including phenoxy) is 1. The van der Waals surface area contributed by atoms with Crippen molar-refractivity contribution in [3.8, 4) is 0 Å². The molecule has 28 heavy (non-hydrogen) atoms. The van der Waals surface area contributed by atoms with Crippen molar-refractivity contribution in [2.75, 3.05) is 0 Å². The predicted octanol–water partition coefficient (Wildman–Crippen LogP) is 1.85. The second-order valence-corrected chi connectivity index (χ2v) is 8.30. The third kappa shape index (κ3) is 5.11. The molecule has 3 rings (SSSR count). The van der Waals surface area contributed by atoms with Crippen LogP contribution in [0.3, 0.4) is 0 Å². The summed E-state index contributed by atoms with van der Waals surface area (Å²) in [7, 11) is 0. The van der Waals surface area contributed by atoms with Crippen molar-refractivity contribution >= 4 is 33.7 Å². The molecule has 2 aliphatic rings. The van der Waals surface area contributed by atoms with Crippen LogP contribution >= 0.6 is 15.9 Å². The summed E-state index contributed by atoms with van der Waals surface area (Å²) in [5, 5.41) is 15.9. The molecule has 1 aromatic rings. The maximum absolute atomic E-state index is 12.7. The van der Waals surface area contributed by atoms with Crippen LogP contribution in [0.2, 0.25) is 0 Å². The number of carbonyl (C=O) groups is 3. The number of hydrogen-bond donors (Lipinski definition) is 3. The first-order valence-corrected chi connectivity index (χ1v) is 10.5. The van der Waals surface area contributed by atoms with Gasteiger partial charge in [0.2, 0.25) is 0 Å². The lowest BCUT2D eigenvalue weighted by Crippen LogP contribution is -2.54. The van der Waals surface area contributed by atoms with E-state index in [0.717, 1.165) is 35.7 Å². The zero-order chi connectivity index (χ0) is 20.3. The Morgan fingerprint density at radius 2 is 2.11 bits per heavy atom. The molecule has 1 aliphatic carbocycles. The smallest absolute Gasteiger partial charge is 0.339 e.